The van der Waals surface area contributed by atoms with Gasteiger partial charge in [-0.3, -0.25) is 0 Å². The van der Waals surface area contributed by atoms with Crippen molar-refractivity contribution in [3.63, 3.8) is 0 Å². The van der Waals surface area contributed by atoms with Gasteiger partial charge < -0.3 is 10.7 Å². The molecule has 0 amide bonds. The molecule has 34 valence electrons. The Bertz CT molecular complexity index is 19.7. The van der Waals surface area contributed by atoms with Gasteiger partial charge in [-0.2, -0.15) is 0 Å². The van der Waals surface area contributed by atoms with Crippen molar-refractivity contribution in [1.82, 2.24) is 0 Å². The molecule has 0 radical (unpaired) electrons. The Hall–Kier alpha value is 1.30. The normalized spacial score (nSPS) is 6.00. The first kappa shape index (κ1) is 15.7. The van der Waals surface area contributed by atoms with E-state index in [9.17, 15) is 0 Å². The molecule has 0 aromatic heterocycles. The molecule has 0 aliphatic heterocycles. The summed E-state index contributed by atoms with van der Waals surface area (Å²) in [5.41, 5.74) is 0. The Morgan fingerprint density at radius 1 is 1.50 bits per heavy atom. The van der Waals surface area contributed by atoms with Gasteiger partial charge in [0.2, 0.25) is 0 Å². The van der Waals surface area contributed by atoms with Crippen LogP contribution in [0.4, 0.5) is 0 Å². The van der Waals surface area contributed by atoms with Crippen molar-refractivity contribution in [2.45, 2.75) is 0 Å². The van der Waals surface area contributed by atoms with Crippen LogP contribution in [-0.4, -0.2) is 22.0 Å². The van der Waals surface area contributed by atoms with Crippen LogP contribution in [-0.2, 0) is 0 Å². The molecule has 0 atom stereocenters. The molecule has 0 aliphatic carbocycles. The zero-order valence-corrected chi connectivity index (χ0v) is 3.40. The van der Waals surface area contributed by atoms with E-state index in [-0.39, 0.29) is 37.6 Å². The zero-order valence-electron chi connectivity index (χ0n) is 3.64. The van der Waals surface area contributed by atoms with E-state index in [0.717, 1.165) is 0 Å². The van der Waals surface area contributed by atoms with Crippen molar-refractivity contribution >= 4 is 17.4 Å². The molecule has 0 aromatic carbocycles. The quantitative estimate of drug-likeness (QED) is 0.325. The minimum Gasteiger partial charge on any atom is -1.00 e. The van der Waals surface area contributed by atoms with Crippen LogP contribution in [0.15, 0.2) is 0 Å². The molecule has 1 N–H and O–H groups in total. The number of halogens is 1. The molecule has 3 nitrogen and oxygen atoms in total. The third-order valence-electron chi connectivity index (χ3n) is 0. The minimum atomic E-state index is -2.60. The summed E-state index contributed by atoms with van der Waals surface area (Å²) < 4.78 is 24.0. The first-order chi connectivity index (χ1) is 1.73. The fourth-order valence-corrected chi connectivity index (χ4v) is 0. The zero-order chi connectivity index (χ0) is 3.58. The van der Waals surface area contributed by atoms with Crippen molar-refractivity contribution < 1.29 is 45.0 Å². The van der Waals surface area contributed by atoms with E-state index in [1.165, 1.54) is 0 Å². The van der Waals surface area contributed by atoms with Gasteiger partial charge in [0.15, 0.2) is 17.4 Å². The van der Waals surface area contributed by atoms with E-state index in [4.69, 9.17) is 14.0 Å². The molecule has 6 heteroatoms. The summed E-state index contributed by atoms with van der Waals surface area (Å²) in [4.78, 5) is 0. The van der Waals surface area contributed by atoms with Gasteiger partial charge in [0.25, 0.3) is 10.8 Å². The molecule has 0 heterocycles. The van der Waals surface area contributed by atoms with E-state index in [0.29, 0.717) is 0 Å². The molecular formula is H5AlClLiO3. The van der Waals surface area contributed by atoms with Gasteiger partial charge in [-0.05, 0) is 0 Å². The van der Waals surface area contributed by atoms with Crippen LogP contribution in [0.1, 0.15) is 1.43 Å². The van der Waals surface area contributed by atoms with E-state index in [1.807, 2.05) is 0 Å². The average Bonchev–Trinajstić information content (AvgIpc) is 0.811. The number of hydrogen-bond donors (Lipinski definition) is 1. The van der Waals surface area contributed by atoms with Crippen LogP contribution >= 0.6 is 0 Å². The molecule has 0 bridgehead atoms. The summed E-state index contributed by atoms with van der Waals surface area (Å²) in [6.07, 6.45) is 0. The number of rotatable bonds is 0. The number of hydrogen-bond acceptors (Lipinski definition) is 3. The van der Waals surface area contributed by atoms with E-state index in [2.05, 4.69) is 0 Å². The molecule has 0 saturated heterocycles. The second-order valence-corrected chi connectivity index (χ2v) is 0.603. The van der Waals surface area contributed by atoms with Crippen LogP contribution in [0.3, 0.4) is 0 Å². The molecule has 0 spiro atoms. The molecule has 6 heavy (non-hydrogen) atoms. The maximum atomic E-state index is 8.52. The minimum absolute atomic E-state index is 0. The Morgan fingerprint density at radius 3 is 1.50 bits per heavy atom. The summed E-state index contributed by atoms with van der Waals surface area (Å²) in [6.45, 7) is 0. The molecule has 0 rings (SSSR count). The van der Waals surface area contributed by atoms with Crippen LogP contribution in [0.25, 0.3) is 0 Å². The van der Waals surface area contributed by atoms with Gasteiger partial charge in [-0.15, -0.1) is 0 Å². The SMILES string of the molecule is [AlH3].[H-].[Li+].[O-][Cl+2]([O-])O. The summed E-state index contributed by atoms with van der Waals surface area (Å²) in [6, 6.07) is 0. The summed E-state index contributed by atoms with van der Waals surface area (Å²) >= 11 is 0. The fourth-order valence-electron chi connectivity index (χ4n) is 0. The van der Waals surface area contributed by atoms with Gasteiger partial charge in [0.1, 0.15) is 0 Å². The Morgan fingerprint density at radius 2 is 1.50 bits per heavy atom. The molecule has 0 fully saturated rings. The fraction of sp³-hybridized carbons (Fsp3) is 0. The molecular weight excluding hydrogens is 117 g/mol. The first-order valence-corrected chi connectivity index (χ1v) is 1.43. The van der Waals surface area contributed by atoms with Crippen LogP contribution in [0.2, 0.25) is 0 Å². The smallest absolute Gasteiger partial charge is 1.00 e. The van der Waals surface area contributed by atoms with E-state index in [1.54, 1.807) is 0 Å². The van der Waals surface area contributed by atoms with E-state index < -0.39 is 10.8 Å². The molecule has 0 saturated carbocycles. The maximum Gasteiger partial charge on any atom is 1.00 e. The molecule has 0 aromatic rings. The predicted octanol–water partition coefficient (Wildman–Crippen LogP) is -7.00. The van der Waals surface area contributed by atoms with Gasteiger partial charge in [-0.1, -0.05) is 0 Å². The van der Waals surface area contributed by atoms with Crippen LogP contribution < -0.4 is 28.2 Å². The van der Waals surface area contributed by atoms with Gasteiger partial charge in [0, 0.05) is 4.66 Å². The Kier molecular flexibility index (Phi) is 25.0. The monoisotopic (exact) mass is 122 g/mol. The Labute approximate surface area is 62.5 Å². The molecule has 0 unspecified atom stereocenters. The van der Waals surface area contributed by atoms with Gasteiger partial charge in [0.05, 0.1) is 0 Å². The van der Waals surface area contributed by atoms with Crippen molar-refractivity contribution in [3.05, 3.63) is 0 Å². The molecule has 0 aliphatic rings. The van der Waals surface area contributed by atoms with Crippen LogP contribution in [0, 0.1) is 10.8 Å². The third-order valence-corrected chi connectivity index (χ3v) is 0. The van der Waals surface area contributed by atoms with Crippen LogP contribution in [0.5, 0.6) is 0 Å². The van der Waals surface area contributed by atoms with Crippen molar-refractivity contribution in [2.75, 3.05) is 0 Å². The van der Waals surface area contributed by atoms with Gasteiger partial charge >= 0.3 is 18.9 Å². The summed E-state index contributed by atoms with van der Waals surface area (Å²) in [5, 5.41) is 0. The maximum absolute atomic E-state index is 8.52. The standard InChI is InChI=1S/Al.ClHO3.Li.4H/c;2-1(3)4;;;;;/h;2H;;;;;/q;;+1;;;;-1. The summed E-state index contributed by atoms with van der Waals surface area (Å²) in [7, 11) is -2.60. The average molecular weight is 122 g/mol. The van der Waals surface area contributed by atoms with Crippen molar-refractivity contribution in [3.8, 4) is 0 Å². The predicted molar refractivity (Wildman–Crippen MR) is 13.3 cm³/mol. The van der Waals surface area contributed by atoms with Gasteiger partial charge in [-0.25, -0.2) is 0 Å². The topological polar surface area (TPSA) is 66.3 Å². The van der Waals surface area contributed by atoms with Crippen molar-refractivity contribution in [2.24, 2.45) is 0 Å². The first-order valence-electron chi connectivity index (χ1n) is 0.478. The second kappa shape index (κ2) is 9.57. The summed E-state index contributed by atoms with van der Waals surface area (Å²) in [5.74, 6) is 0. The third kappa shape index (κ3) is 58.0. The second-order valence-electron chi connectivity index (χ2n) is 0.201. The Balaban J connectivity index is -0.0000000150. The van der Waals surface area contributed by atoms with Crippen molar-refractivity contribution in [1.29, 1.82) is 0 Å². The van der Waals surface area contributed by atoms with E-state index >= 15 is 0 Å². The largest absolute Gasteiger partial charge is 1.00 e.